The minimum atomic E-state index is -0.363. The summed E-state index contributed by atoms with van der Waals surface area (Å²) in [4.78, 5) is 0. The molecule has 1 saturated heterocycles. The number of rotatable bonds is 4. The third kappa shape index (κ3) is 9.85. The zero-order valence-electron chi connectivity index (χ0n) is 58.3. The van der Waals surface area contributed by atoms with Crippen molar-refractivity contribution < 1.29 is 9.31 Å². The maximum atomic E-state index is 6.40. The molecule has 6 heteroatoms. The molecule has 2 nitrogen and oxygen atoms in total. The van der Waals surface area contributed by atoms with Gasteiger partial charge in [-0.2, -0.15) is 0 Å². The number of benzene rings is 16. The molecule has 18 aromatic rings. The predicted octanol–water partition coefficient (Wildman–Crippen LogP) is 27.4. The lowest BCUT2D eigenvalue weighted by Gasteiger charge is -2.32. The summed E-state index contributed by atoms with van der Waals surface area (Å²) in [6, 6.07) is 108. The van der Waals surface area contributed by atoms with Crippen LogP contribution in [-0.2, 0) is 20.1 Å². The molecule has 21 rings (SSSR count). The van der Waals surface area contributed by atoms with Gasteiger partial charge in [-0.05, 0) is 236 Å². The molecule has 2 aliphatic carbocycles. The Morgan fingerprint density at radius 2 is 0.598 bits per heavy atom. The molecule has 3 aliphatic rings. The normalized spacial score (nSPS) is 15.1. The molecule has 490 valence electrons. The lowest BCUT2D eigenvalue weighted by Crippen LogP contribution is -2.41. The van der Waals surface area contributed by atoms with E-state index in [1.54, 1.807) is 0 Å². The Morgan fingerprint density at radius 3 is 1.06 bits per heavy atom. The van der Waals surface area contributed by atoms with Crippen molar-refractivity contribution in [1.82, 2.24) is 0 Å². The number of thiophene rings is 2. The van der Waals surface area contributed by atoms with E-state index in [4.69, 9.17) is 9.31 Å². The molecule has 16 aromatic carbocycles. The van der Waals surface area contributed by atoms with E-state index >= 15 is 0 Å². The highest BCUT2D eigenvalue weighted by molar-refractivity contribution is 9.10. The first-order valence-corrected chi connectivity index (χ1v) is 38.0. The molecule has 1 fully saturated rings. The number of halogens is 1. The van der Waals surface area contributed by atoms with Crippen molar-refractivity contribution in [3.05, 3.63) is 318 Å². The molecule has 0 bridgehead atoms. The molecule has 0 saturated carbocycles. The van der Waals surface area contributed by atoms with Gasteiger partial charge in [0.05, 0.1) is 11.2 Å². The Balaban J connectivity index is 0.000000114. The van der Waals surface area contributed by atoms with E-state index in [1.165, 1.54) is 183 Å². The molecule has 0 N–H and O–H groups in total. The number of fused-ring (bicyclic) bond motifs is 24. The Labute approximate surface area is 611 Å². The second kappa shape index (κ2) is 23.5. The van der Waals surface area contributed by atoms with Crippen molar-refractivity contribution >= 4 is 156 Å². The summed E-state index contributed by atoms with van der Waals surface area (Å²) in [5.74, 6) is 0. The van der Waals surface area contributed by atoms with Crippen LogP contribution in [0, 0.1) is 0 Å². The van der Waals surface area contributed by atoms with Gasteiger partial charge in [-0.1, -0.05) is 274 Å². The highest BCUT2D eigenvalue weighted by atomic mass is 79.9. The van der Waals surface area contributed by atoms with Gasteiger partial charge in [-0.25, -0.2) is 0 Å². The molecule has 0 atom stereocenters. The van der Waals surface area contributed by atoms with Gasteiger partial charge in [-0.15, -0.1) is 22.7 Å². The zero-order valence-corrected chi connectivity index (χ0v) is 61.5. The van der Waals surface area contributed by atoms with E-state index in [2.05, 4.69) is 363 Å². The smallest absolute Gasteiger partial charge is 0.399 e. The fraction of sp³-hybridized carbons (Fsp3) is 0.125. The quantitative estimate of drug-likeness (QED) is 0.129. The molecular formula is C96H72BBrO2S2. The van der Waals surface area contributed by atoms with Crippen LogP contribution in [0.4, 0.5) is 0 Å². The molecular weight excluding hydrogens is 1340 g/mol. The first-order valence-electron chi connectivity index (χ1n) is 35.6. The topological polar surface area (TPSA) is 18.5 Å². The van der Waals surface area contributed by atoms with Gasteiger partial charge in [0.25, 0.3) is 0 Å². The van der Waals surface area contributed by atoms with Crippen LogP contribution >= 0.6 is 38.6 Å². The fourth-order valence-corrected chi connectivity index (χ4v) is 20.0. The second-order valence-corrected chi connectivity index (χ2v) is 33.1. The first kappa shape index (κ1) is 62.9. The molecule has 102 heavy (non-hydrogen) atoms. The van der Waals surface area contributed by atoms with Crippen LogP contribution in [0.2, 0.25) is 0 Å². The average Bonchev–Trinajstić information content (AvgIpc) is 1.48. The van der Waals surface area contributed by atoms with Crippen molar-refractivity contribution in [2.24, 2.45) is 0 Å². The summed E-state index contributed by atoms with van der Waals surface area (Å²) in [5, 5.41) is 21.3. The Morgan fingerprint density at radius 1 is 0.255 bits per heavy atom. The van der Waals surface area contributed by atoms with Crippen molar-refractivity contribution in [3.8, 4) is 55.6 Å². The van der Waals surface area contributed by atoms with Gasteiger partial charge in [-0.3, -0.25) is 0 Å². The molecule has 1 aliphatic heterocycles. The maximum Gasteiger partial charge on any atom is 0.494 e. The highest BCUT2D eigenvalue weighted by Crippen LogP contribution is 2.55. The van der Waals surface area contributed by atoms with E-state index in [-0.39, 0.29) is 29.2 Å². The van der Waals surface area contributed by atoms with Crippen LogP contribution in [0.25, 0.3) is 161 Å². The predicted molar refractivity (Wildman–Crippen MR) is 445 cm³/mol. The molecule has 0 unspecified atom stereocenters. The standard InChI is InChI=1S/C45H30S.C33H31BO2.C18H11BrS/c1-45(2)41-22-21-28(27-11-9-12-29(23-27)30-18-10-19-36-35-17-7-8-20-43(35)46-44(30)36)24-39(41)40-25-37-33-15-5-3-13-31(33)32-14-4-6-16-34(32)38(37)26-42(40)45;1-31(2)29-16-15-20(34-35-32(3,4)33(5,6)36-34)17-27(29)28-18-25-23-13-9-7-11-21(23)22-12-8-10-14-24(22)26(25)19-30(28)31;19-13-6-3-5-12(11-13)14-8-4-9-16-15-7-1-2-10-17(15)20-18(14)16/h3-26H,1-2H3;7-19H,1-6H3;1-11H. The van der Waals surface area contributed by atoms with Crippen LogP contribution in [0.5, 0.6) is 0 Å². The first-order chi connectivity index (χ1) is 49.5. The maximum absolute atomic E-state index is 6.40. The van der Waals surface area contributed by atoms with Gasteiger partial charge in [0, 0.05) is 55.6 Å². The summed E-state index contributed by atoms with van der Waals surface area (Å²) < 4.78 is 19.3. The SMILES string of the molecule is Brc1cccc(-c2cccc3c2sc2ccccc23)c1.CC1(C)c2ccc(-c3cccc(-c4cccc5c4sc4ccccc45)c3)cc2-c2cc3c4ccccc4c4ccccc4c3cc21.CC1(C)c2ccc(B3OC(C)(C)C(C)(C)O3)cc2-c2cc3c4ccccc4c4ccccc4c3cc21. The molecule has 0 radical (unpaired) electrons. The lowest BCUT2D eigenvalue weighted by molar-refractivity contribution is 0.00578. The Bertz CT molecular complexity index is 6550. The monoisotopic (exact) mass is 1410 g/mol. The molecule has 3 heterocycles. The third-order valence-corrected chi connectivity index (χ3v) is 26.0. The Hall–Kier alpha value is -10.0. The van der Waals surface area contributed by atoms with Crippen LogP contribution < -0.4 is 5.46 Å². The average molecular weight is 1410 g/mol. The summed E-state index contributed by atoms with van der Waals surface area (Å²) in [6.07, 6.45) is 0. The van der Waals surface area contributed by atoms with Crippen molar-refractivity contribution in [2.45, 2.75) is 77.4 Å². The molecule has 0 amide bonds. The van der Waals surface area contributed by atoms with E-state index in [0.29, 0.717) is 0 Å². The van der Waals surface area contributed by atoms with Gasteiger partial charge < -0.3 is 9.31 Å². The van der Waals surface area contributed by atoms with Crippen LogP contribution in [0.1, 0.15) is 77.6 Å². The fourth-order valence-electron chi connectivity index (χ4n) is 17.1. The number of hydrogen-bond donors (Lipinski definition) is 0. The van der Waals surface area contributed by atoms with E-state index < -0.39 is 0 Å². The summed E-state index contributed by atoms with van der Waals surface area (Å²) in [7, 11) is -0.363. The minimum Gasteiger partial charge on any atom is -0.399 e. The summed E-state index contributed by atoms with van der Waals surface area (Å²) >= 11 is 7.33. The molecule has 2 aromatic heterocycles. The van der Waals surface area contributed by atoms with Gasteiger partial charge in [0.15, 0.2) is 0 Å². The van der Waals surface area contributed by atoms with Crippen LogP contribution in [0.15, 0.2) is 296 Å². The second-order valence-electron chi connectivity index (χ2n) is 30.1. The lowest BCUT2D eigenvalue weighted by atomic mass is 9.76. The summed E-state index contributed by atoms with van der Waals surface area (Å²) in [5.41, 5.74) is 18.8. The van der Waals surface area contributed by atoms with E-state index in [0.717, 1.165) is 9.94 Å². The van der Waals surface area contributed by atoms with Crippen LogP contribution in [0.3, 0.4) is 0 Å². The van der Waals surface area contributed by atoms with Crippen molar-refractivity contribution in [2.75, 3.05) is 0 Å². The van der Waals surface area contributed by atoms with Gasteiger partial charge in [0.1, 0.15) is 0 Å². The van der Waals surface area contributed by atoms with Crippen LogP contribution in [-0.4, -0.2) is 18.3 Å². The molecule has 0 spiro atoms. The van der Waals surface area contributed by atoms with Gasteiger partial charge in [0.2, 0.25) is 0 Å². The Kier molecular flexibility index (Phi) is 14.5. The minimum absolute atomic E-state index is 0.0806. The largest absolute Gasteiger partial charge is 0.494 e. The van der Waals surface area contributed by atoms with E-state index in [1.807, 2.05) is 22.7 Å². The zero-order chi connectivity index (χ0) is 69.1. The van der Waals surface area contributed by atoms with E-state index in [9.17, 15) is 0 Å². The highest BCUT2D eigenvalue weighted by Gasteiger charge is 2.52. The van der Waals surface area contributed by atoms with Crippen molar-refractivity contribution in [3.63, 3.8) is 0 Å². The third-order valence-electron chi connectivity index (χ3n) is 23.1. The van der Waals surface area contributed by atoms with Gasteiger partial charge >= 0.3 is 7.12 Å². The van der Waals surface area contributed by atoms with Crippen molar-refractivity contribution in [1.29, 1.82) is 0 Å². The number of hydrogen-bond acceptors (Lipinski definition) is 4. The summed E-state index contributed by atoms with van der Waals surface area (Å²) in [6.45, 7) is 17.9.